The van der Waals surface area contributed by atoms with E-state index in [2.05, 4.69) is 10.6 Å². The number of amides is 2. The van der Waals surface area contributed by atoms with Gasteiger partial charge in [0.15, 0.2) is 0 Å². The van der Waals surface area contributed by atoms with E-state index in [9.17, 15) is 19.8 Å². The van der Waals surface area contributed by atoms with Crippen molar-refractivity contribution in [2.75, 3.05) is 11.9 Å². The first-order valence-electron chi connectivity index (χ1n) is 7.54. The number of anilines is 1. The van der Waals surface area contributed by atoms with Crippen LogP contribution >= 0.6 is 0 Å². The number of rotatable bonds is 3. The molecule has 7 nitrogen and oxygen atoms in total. The van der Waals surface area contributed by atoms with Gasteiger partial charge >= 0.3 is 6.03 Å². The van der Waals surface area contributed by atoms with Crippen LogP contribution in [0, 0.1) is 17.8 Å². The summed E-state index contributed by atoms with van der Waals surface area (Å²) in [4.78, 5) is 23.7. The van der Waals surface area contributed by atoms with Crippen LogP contribution in [0.5, 0.6) is 0 Å². The predicted molar refractivity (Wildman–Crippen MR) is 80.4 cm³/mol. The molecule has 0 radical (unpaired) electrons. The Kier molecular flexibility index (Phi) is 3.92. The molecule has 0 unspecified atom stereocenters. The van der Waals surface area contributed by atoms with Crippen LogP contribution in [0.2, 0.25) is 0 Å². The lowest BCUT2D eigenvalue weighted by molar-refractivity contribution is -0.0330. The molecule has 1 heterocycles. The van der Waals surface area contributed by atoms with Crippen LogP contribution < -0.4 is 16.2 Å². The van der Waals surface area contributed by atoms with Gasteiger partial charge in [-0.15, -0.1) is 0 Å². The minimum Gasteiger partial charge on any atom is -0.390 e. The number of aliphatic hydroxyl groups is 2. The molecule has 22 heavy (non-hydrogen) atoms. The molecule has 0 aliphatic heterocycles. The molecule has 4 N–H and O–H groups in total. The van der Waals surface area contributed by atoms with Crippen molar-refractivity contribution < 1.29 is 15.0 Å². The summed E-state index contributed by atoms with van der Waals surface area (Å²) < 4.78 is 1.39. The fourth-order valence-corrected chi connectivity index (χ4v) is 3.75. The van der Waals surface area contributed by atoms with E-state index in [4.69, 9.17) is 0 Å². The second-order valence-electron chi connectivity index (χ2n) is 6.31. The second-order valence-corrected chi connectivity index (χ2v) is 6.31. The second kappa shape index (κ2) is 5.73. The van der Waals surface area contributed by atoms with Crippen molar-refractivity contribution >= 4 is 11.7 Å². The molecular formula is C15H21N3O4. The SMILES string of the molecule is Cn1cccc(NC(=O)NC[C@@H]2C[C@H]3C[C@@H]2[C@H](O)[C@@H]3O)c1=O. The summed E-state index contributed by atoms with van der Waals surface area (Å²) in [6.45, 7) is 0.434. The van der Waals surface area contributed by atoms with Gasteiger partial charge < -0.3 is 25.4 Å². The Labute approximate surface area is 128 Å². The van der Waals surface area contributed by atoms with Gasteiger partial charge in [0.1, 0.15) is 5.69 Å². The van der Waals surface area contributed by atoms with Gasteiger partial charge in [-0.05, 0) is 42.7 Å². The monoisotopic (exact) mass is 307 g/mol. The Balaban J connectivity index is 1.54. The molecule has 0 aromatic carbocycles. The average Bonchev–Trinajstić information content (AvgIpc) is 3.02. The Morgan fingerprint density at radius 2 is 2.14 bits per heavy atom. The van der Waals surface area contributed by atoms with Crippen LogP contribution in [0.1, 0.15) is 12.8 Å². The summed E-state index contributed by atoms with van der Waals surface area (Å²) in [6, 6.07) is 2.81. The highest BCUT2D eigenvalue weighted by Crippen LogP contribution is 2.48. The summed E-state index contributed by atoms with van der Waals surface area (Å²) in [7, 11) is 1.62. The summed E-state index contributed by atoms with van der Waals surface area (Å²) in [5.74, 6) is 0.355. The predicted octanol–water partition coefficient (Wildman–Crippen LogP) is -0.115. The quantitative estimate of drug-likeness (QED) is 0.625. The van der Waals surface area contributed by atoms with Crippen LogP contribution in [-0.4, -0.2) is 39.6 Å². The van der Waals surface area contributed by atoms with E-state index >= 15 is 0 Å². The van der Waals surface area contributed by atoms with Gasteiger partial charge in [0.25, 0.3) is 5.56 Å². The molecule has 2 aliphatic rings. The van der Waals surface area contributed by atoms with Crippen LogP contribution in [-0.2, 0) is 7.05 Å². The van der Waals surface area contributed by atoms with Crippen molar-refractivity contribution in [3.05, 3.63) is 28.7 Å². The van der Waals surface area contributed by atoms with Crippen LogP contribution in [0.15, 0.2) is 23.1 Å². The zero-order valence-corrected chi connectivity index (χ0v) is 12.4. The van der Waals surface area contributed by atoms with Gasteiger partial charge in [-0.1, -0.05) is 0 Å². The summed E-state index contributed by atoms with van der Waals surface area (Å²) in [5.41, 5.74) is -0.0398. The molecule has 1 aromatic rings. The first-order valence-corrected chi connectivity index (χ1v) is 7.54. The minimum absolute atomic E-state index is 0.0462. The highest BCUT2D eigenvalue weighted by Gasteiger charge is 2.51. The third-order valence-electron chi connectivity index (χ3n) is 4.95. The molecule has 2 aliphatic carbocycles. The summed E-state index contributed by atoms with van der Waals surface area (Å²) >= 11 is 0. The standard InChI is InChI=1S/C15H21N3O4/c1-18-4-2-3-11(14(18)21)17-15(22)16-7-9-5-8-6-10(9)13(20)12(8)19/h2-4,8-10,12-13,19-20H,5-7H2,1H3,(H2,16,17,22)/t8-,9-,10-,12+,13-/m0/s1. The van der Waals surface area contributed by atoms with E-state index in [0.29, 0.717) is 6.54 Å². The largest absolute Gasteiger partial charge is 0.390 e. The number of urea groups is 1. The molecule has 2 bridgehead atoms. The average molecular weight is 307 g/mol. The number of carbonyl (C=O) groups excluding carboxylic acids is 1. The van der Waals surface area contributed by atoms with Crippen molar-refractivity contribution in [1.82, 2.24) is 9.88 Å². The fourth-order valence-electron chi connectivity index (χ4n) is 3.75. The number of fused-ring (bicyclic) bond motifs is 2. The lowest BCUT2D eigenvalue weighted by Gasteiger charge is -2.29. The molecule has 1 aromatic heterocycles. The number of aryl methyl sites for hydroxylation is 1. The first-order chi connectivity index (χ1) is 10.5. The van der Waals surface area contributed by atoms with Crippen molar-refractivity contribution in [2.24, 2.45) is 24.8 Å². The van der Waals surface area contributed by atoms with Crippen LogP contribution in [0.3, 0.4) is 0 Å². The van der Waals surface area contributed by atoms with E-state index < -0.39 is 18.2 Å². The van der Waals surface area contributed by atoms with Crippen molar-refractivity contribution in [1.29, 1.82) is 0 Å². The van der Waals surface area contributed by atoms with Crippen LogP contribution in [0.25, 0.3) is 0 Å². The molecule has 5 atom stereocenters. The van der Waals surface area contributed by atoms with Crippen LogP contribution in [0.4, 0.5) is 10.5 Å². The number of aromatic nitrogens is 1. The van der Waals surface area contributed by atoms with Gasteiger partial charge in [0.05, 0.1) is 12.2 Å². The molecule has 2 saturated carbocycles. The van der Waals surface area contributed by atoms with Gasteiger partial charge in [0, 0.05) is 19.8 Å². The zero-order chi connectivity index (χ0) is 15.9. The number of carbonyl (C=O) groups is 1. The Morgan fingerprint density at radius 1 is 1.36 bits per heavy atom. The van der Waals surface area contributed by atoms with E-state index in [-0.39, 0.29) is 29.0 Å². The number of nitrogens with zero attached hydrogens (tertiary/aromatic N) is 1. The molecule has 7 heteroatoms. The van der Waals surface area contributed by atoms with Gasteiger partial charge in [-0.2, -0.15) is 0 Å². The lowest BCUT2D eigenvalue weighted by Crippen LogP contribution is -2.42. The number of aliphatic hydroxyl groups excluding tert-OH is 2. The Hall–Kier alpha value is -1.86. The third-order valence-corrected chi connectivity index (χ3v) is 4.95. The molecule has 2 amide bonds. The maximum absolute atomic E-state index is 11.9. The molecule has 2 fully saturated rings. The Morgan fingerprint density at radius 3 is 2.82 bits per heavy atom. The number of nitrogens with one attached hydrogen (secondary N) is 2. The molecule has 3 rings (SSSR count). The zero-order valence-electron chi connectivity index (χ0n) is 12.4. The van der Waals surface area contributed by atoms with Crippen molar-refractivity contribution in [3.8, 4) is 0 Å². The van der Waals surface area contributed by atoms with Crippen molar-refractivity contribution in [2.45, 2.75) is 25.0 Å². The number of hydrogen-bond acceptors (Lipinski definition) is 4. The fraction of sp³-hybridized carbons (Fsp3) is 0.600. The maximum atomic E-state index is 11.9. The Bertz CT molecular complexity index is 627. The van der Waals surface area contributed by atoms with E-state index in [1.165, 1.54) is 4.57 Å². The van der Waals surface area contributed by atoms with E-state index in [1.807, 2.05) is 0 Å². The maximum Gasteiger partial charge on any atom is 0.319 e. The molecular weight excluding hydrogens is 286 g/mol. The molecule has 0 saturated heterocycles. The van der Waals surface area contributed by atoms with E-state index in [0.717, 1.165) is 12.8 Å². The molecule has 0 spiro atoms. The third kappa shape index (κ3) is 2.62. The highest BCUT2D eigenvalue weighted by atomic mass is 16.3. The van der Waals surface area contributed by atoms with Gasteiger partial charge in [-0.3, -0.25) is 4.79 Å². The topological polar surface area (TPSA) is 104 Å². The number of pyridine rings is 1. The molecule has 120 valence electrons. The summed E-state index contributed by atoms with van der Waals surface area (Å²) in [5, 5.41) is 24.9. The first kappa shape index (κ1) is 15.1. The smallest absolute Gasteiger partial charge is 0.319 e. The lowest BCUT2D eigenvalue weighted by atomic mass is 9.85. The van der Waals surface area contributed by atoms with Crippen molar-refractivity contribution in [3.63, 3.8) is 0 Å². The van der Waals surface area contributed by atoms with Gasteiger partial charge in [-0.25, -0.2) is 4.79 Å². The summed E-state index contributed by atoms with van der Waals surface area (Å²) in [6.07, 6.45) is 1.94. The highest BCUT2D eigenvalue weighted by molar-refractivity contribution is 5.88. The minimum atomic E-state index is -0.685. The normalized spacial score (nSPS) is 33.0. The number of hydrogen-bond donors (Lipinski definition) is 4. The van der Waals surface area contributed by atoms with E-state index in [1.54, 1.807) is 25.4 Å². The van der Waals surface area contributed by atoms with Gasteiger partial charge in [0.2, 0.25) is 0 Å².